The monoisotopic (exact) mass is 274 g/mol. The minimum Gasteiger partial charge on any atom is -0.452 e. The van der Waals surface area contributed by atoms with Crippen LogP contribution < -0.4 is 5.73 Å². The lowest BCUT2D eigenvalue weighted by molar-refractivity contribution is 0.603. The van der Waals surface area contributed by atoms with E-state index in [4.69, 9.17) is 21.8 Å². The molecular formula is C15H10ClFNO. The lowest BCUT2D eigenvalue weighted by atomic mass is 9.98. The van der Waals surface area contributed by atoms with Crippen LogP contribution in [-0.4, -0.2) is 0 Å². The highest BCUT2D eigenvalue weighted by Gasteiger charge is 2.13. The van der Waals surface area contributed by atoms with Gasteiger partial charge in [-0.05, 0) is 41.5 Å². The van der Waals surface area contributed by atoms with Gasteiger partial charge in [0.1, 0.15) is 11.4 Å². The first kappa shape index (κ1) is 12.2. The van der Waals surface area contributed by atoms with Crippen molar-refractivity contribution in [2.75, 3.05) is 0 Å². The summed E-state index contributed by atoms with van der Waals surface area (Å²) in [6, 6.07) is 9.81. The summed E-state index contributed by atoms with van der Waals surface area (Å²) in [6.45, 7) is 0.318. The minimum atomic E-state index is -0.324. The normalized spacial score (nSPS) is 11.1. The quantitative estimate of drug-likeness (QED) is 0.762. The second-order valence-corrected chi connectivity index (χ2v) is 4.68. The molecule has 0 aliphatic rings. The highest BCUT2D eigenvalue weighted by atomic mass is 35.5. The van der Waals surface area contributed by atoms with E-state index in [-0.39, 0.29) is 5.82 Å². The van der Waals surface area contributed by atoms with E-state index in [0.717, 1.165) is 11.1 Å². The van der Waals surface area contributed by atoms with Gasteiger partial charge in [0.2, 0.25) is 0 Å². The molecule has 2 nitrogen and oxygen atoms in total. The van der Waals surface area contributed by atoms with Gasteiger partial charge in [-0.1, -0.05) is 17.7 Å². The molecule has 0 aliphatic heterocycles. The molecule has 0 aliphatic carbocycles. The van der Waals surface area contributed by atoms with Crippen molar-refractivity contribution in [2.24, 2.45) is 5.73 Å². The molecule has 3 rings (SSSR count). The molecule has 19 heavy (non-hydrogen) atoms. The molecule has 1 aromatic heterocycles. The lowest BCUT2D eigenvalue weighted by Crippen LogP contribution is -1.99. The third kappa shape index (κ3) is 2.11. The van der Waals surface area contributed by atoms with Crippen molar-refractivity contribution in [1.29, 1.82) is 0 Å². The highest BCUT2D eigenvalue weighted by molar-refractivity contribution is 6.30. The molecule has 0 atom stereocenters. The maximum atomic E-state index is 13.7. The Kier molecular flexibility index (Phi) is 3.01. The fourth-order valence-corrected chi connectivity index (χ4v) is 2.38. The topological polar surface area (TPSA) is 39.2 Å². The molecular weight excluding hydrogens is 265 g/mol. The molecule has 0 fully saturated rings. The minimum absolute atomic E-state index is 0.318. The van der Waals surface area contributed by atoms with Gasteiger partial charge in [0, 0.05) is 22.5 Å². The molecule has 0 saturated heterocycles. The summed E-state index contributed by atoms with van der Waals surface area (Å²) in [5.74, 6) is -0.324. The Bertz CT molecular complexity index is 751. The Morgan fingerprint density at radius 2 is 2.05 bits per heavy atom. The van der Waals surface area contributed by atoms with Gasteiger partial charge in [-0.2, -0.15) is 0 Å². The van der Waals surface area contributed by atoms with Crippen molar-refractivity contribution in [3.63, 3.8) is 0 Å². The smallest absolute Gasteiger partial charge is 0.170 e. The zero-order valence-electron chi connectivity index (χ0n) is 9.91. The second kappa shape index (κ2) is 4.68. The van der Waals surface area contributed by atoms with E-state index in [0.29, 0.717) is 28.1 Å². The third-order valence-corrected chi connectivity index (χ3v) is 3.27. The van der Waals surface area contributed by atoms with Gasteiger partial charge in [-0.25, -0.2) is 4.39 Å². The summed E-state index contributed by atoms with van der Waals surface area (Å²) in [5.41, 5.74) is 8.64. The van der Waals surface area contributed by atoms with E-state index in [1.807, 2.05) is 6.07 Å². The van der Waals surface area contributed by atoms with Crippen LogP contribution in [0.5, 0.6) is 0 Å². The van der Waals surface area contributed by atoms with Crippen molar-refractivity contribution in [1.82, 2.24) is 0 Å². The van der Waals surface area contributed by atoms with Crippen LogP contribution in [0.15, 0.2) is 40.8 Å². The van der Waals surface area contributed by atoms with Crippen molar-refractivity contribution in [2.45, 2.75) is 6.54 Å². The number of rotatable bonds is 2. The highest BCUT2D eigenvalue weighted by Crippen LogP contribution is 2.33. The molecule has 0 bridgehead atoms. The molecule has 1 radical (unpaired) electrons. The number of furan rings is 1. The molecule has 4 heteroatoms. The molecule has 0 spiro atoms. The largest absolute Gasteiger partial charge is 0.452 e. The number of hydrogen-bond donors (Lipinski definition) is 1. The SMILES string of the molecule is NCc1cc(Cl)ccc1-c1cc(F)cc2c[c]oc12. The van der Waals surface area contributed by atoms with Crippen LogP contribution >= 0.6 is 11.6 Å². The van der Waals surface area contributed by atoms with E-state index < -0.39 is 0 Å². The summed E-state index contributed by atoms with van der Waals surface area (Å²) in [6.07, 6.45) is 2.62. The Labute approximate surface area is 114 Å². The van der Waals surface area contributed by atoms with E-state index in [1.165, 1.54) is 12.1 Å². The summed E-state index contributed by atoms with van der Waals surface area (Å²) < 4.78 is 19.0. The van der Waals surface area contributed by atoms with E-state index >= 15 is 0 Å². The lowest BCUT2D eigenvalue weighted by Gasteiger charge is -2.09. The first-order chi connectivity index (χ1) is 9.19. The summed E-state index contributed by atoms with van der Waals surface area (Å²) in [7, 11) is 0. The number of nitrogens with two attached hydrogens (primary N) is 1. The summed E-state index contributed by atoms with van der Waals surface area (Å²) in [4.78, 5) is 0. The summed E-state index contributed by atoms with van der Waals surface area (Å²) >= 11 is 5.95. The Morgan fingerprint density at radius 1 is 1.21 bits per heavy atom. The van der Waals surface area contributed by atoms with Crippen LogP contribution in [0.3, 0.4) is 0 Å². The van der Waals surface area contributed by atoms with Gasteiger partial charge in [-0.3, -0.25) is 0 Å². The average Bonchev–Trinajstić information content (AvgIpc) is 2.85. The van der Waals surface area contributed by atoms with Gasteiger partial charge in [0.05, 0.1) is 0 Å². The van der Waals surface area contributed by atoms with E-state index in [1.54, 1.807) is 18.2 Å². The second-order valence-electron chi connectivity index (χ2n) is 4.24. The van der Waals surface area contributed by atoms with Crippen LogP contribution in [0.2, 0.25) is 5.02 Å². The van der Waals surface area contributed by atoms with Gasteiger partial charge in [0.15, 0.2) is 6.26 Å². The maximum absolute atomic E-state index is 13.7. The molecule has 3 aromatic rings. The van der Waals surface area contributed by atoms with Gasteiger partial charge >= 0.3 is 0 Å². The zero-order valence-corrected chi connectivity index (χ0v) is 10.7. The van der Waals surface area contributed by atoms with Gasteiger partial charge in [-0.15, -0.1) is 0 Å². The fourth-order valence-electron chi connectivity index (χ4n) is 2.18. The van der Waals surface area contributed by atoms with Gasteiger partial charge < -0.3 is 10.2 Å². The maximum Gasteiger partial charge on any atom is 0.170 e. The predicted octanol–water partition coefficient (Wildman–Crippen LogP) is 4.15. The average molecular weight is 275 g/mol. The van der Waals surface area contributed by atoms with Crippen LogP contribution in [-0.2, 0) is 6.54 Å². The van der Waals surface area contributed by atoms with Crippen molar-refractivity contribution < 1.29 is 8.81 Å². The van der Waals surface area contributed by atoms with Crippen LogP contribution in [0.4, 0.5) is 4.39 Å². The number of hydrogen-bond acceptors (Lipinski definition) is 2. The van der Waals surface area contributed by atoms with Crippen molar-refractivity contribution >= 4 is 22.6 Å². The first-order valence-electron chi connectivity index (χ1n) is 5.77. The molecule has 0 unspecified atom stereocenters. The molecule has 0 saturated carbocycles. The summed E-state index contributed by atoms with van der Waals surface area (Å²) in [5, 5.41) is 1.27. The predicted molar refractivity (Wildman–Crippen MR) is 73.3 cm³/mol. The molecule has 2 aromatic carbocycles. The Hall–Kier alpha value is -1.84. The molecule has 95 valence electrons. The number of fused-ring (bicyclic) bond motifs is 1. The van der Waals surface area contributed by atoms with Crippen LogP contribution in [0.25, 0.3) is 22.1 Å². The van der Waals surface area contributed by atoms with E-state index in [9.17, 15) is 4.39 Å². The number of halogens is 2. The molecule has 0 amide bonds. The van der Waals surface area contributed by atoms with E-state index in [2.05, 4.69) is 6.26 Å². The van der Waals surface area contributed by atoms with Crippen molar-refractivity contribution in [3.05, 3.63) is 59.1 Å². The zero-order chi connectivity index (χ0) is 13.4. The number of benzene rings is 2. The Morgan fingerprint density at radius 3 is 2.84 bits per heavy atom. The Balaban J connectivity index is 2.32. The standard InChI is InChI=1S/C15H10ClFNO/c16-11-1-2-13(10(5-11)8-18)14-7-12(17)6-9-3-4-19-15(9)14/h1-3,5-7H,8,18H2. The van der Waals surface area contributed by atoms with Gasteiger partial charge in [0.25, 0.3) is 0 Å². The molecule has 1 heterocycles. The third-order valence-electron chi connectivity index (χ3n) is 3.04. The van der Waals surface area contributed by atoms with Crippen LogP contribution in [0.1, 0.15) is 5.56 Å². The fraction of sp³-hybridized carbons (Fsp3) is 0.0667. The first-order valence-corrected chi connectivity index (χ1v) is 6.15. The van der Waals surface area contributed by atoms with Crippen molar-refractivity contribution in [3.8, 4) is 11.1 Å². The molecule has 2 N–H and O–H groups in total. The van der Waals surface area contributed by atoms with Crippen LogP contribution in [0, 0.1) is 12.1 Å².